The molecule has 0 spiro atoms. The predicted octanol–water partition coefficient (Wildman–Crippen LogP) is 1.56. The van der Waals surface area contributed by atoms with Crippen molar-refractivity contribution in [1.29, 1.82) is 0 Å². The van der Waals surface area contributed by atoms with Gasteiger partial charge in [-0.15, -0.1) is 0 Å². The first-order chi connectivity index (χ1) is 6.52. The zero-order chi connectivity index (χ0) is 11.1. The van der Waals surface area contributed by atoms with E-state index < -0.39 is 0 Å². The summed E-state index contributed by atoms with van der Waals surface area (Å²) >= 11 is 0. The Morgan fingerprint density at radius 3 is 2.29 bits per heavy atom. The molecule has 0 fully saturated rings. The van der Waals surface area contributed by atoms with Crippen molar-refractivity contribution in [3.05, 3.63) is 0 Å². The average Bonchev–Trinajstić information content (AvgIpc) is 2.13. The highest BCUT2D eigenvalue weighted by molar-refractivity contribution is 5.79. The number of nitrogens with one attached hydrogen (secondary N) is 1. The molecule has 0 saturated carbocycles. The molecule has 2 atom stereocenters. The number of carbonyl (C=O) groups is 1. The molecule has 0 aromatic rings. The van der Waals surface area contributed by atoms with Gasteiger partial charge in [-0.25, -0.2) is 0 Å². The number of rotatable bonds is 6. The molecule has 0 radical (unpaired) electrons. The summed E-state index contributed by atoms with van der Waals surface area (Å²) in [6.07, 6.45) is 1.94. The molecule has 2 N–H and O–H groups in total. The molecule has 1 amide bonds. The third kappa shape index (κ3) is 4.61. The largest absolute Gasteiger partial charge is 0.394 e. The number of carbonyl (C=O) groups excluding carboxylic acids is 1. The smallest absolute Gasteiger partial charge is 0.223 e. The zero-order valence-corrected chi connectivity index (χ0v) is 9.71. The summed E-state index contributed by atoms with van der Waals surface area (Å²) in [7, 11) is 0. The van der Waals surface area contributed by atoms with E-state index in [-0.39, 0.29) is 24.5 Å². The maximum Gasteiger partial charge on any atom is 0.223 e. The summed E-state index contributed by atoms with van der Waals surface area (Å²) in [5.74, 6) is 0.512. The van der Waals surface area contributed by atoms with Crippen LogP contribution in [-0.2, 0) is 4.79 Å². The monoisotopic (exact) mass is 201 g/mol. The van der Waals surface area contributed by atoms with Crippen LogP contribution in [0.4, 0.5) is 0 Å². The molecule has 0 rings (SSSR count). The summed E-state index contributed by atoms with van der Waals surface area (Å²) < 4.78 is 0. The van der Waals surface area contributed by atoms with E-state index >= 15 is 0 Å². The summed E-state index contributed by atoms with van der Waals surface area (Å²) in [6.45, 7) is 8.01. The molecule has 2 unspecified atom stereocenters. The first kappa shape index (κ1) is 13.4. The Morgan fingerprint density at radius 1 is 1.36 bits per heavy atom. The van der Waals surface area contributed by atoms with E-state index in [2.05, 4.69) is 26.1 Å². The van der Waals surface area contributed by atoms with Crippen LogP contribution in [0.15, 0.2) is 0 Å². The highest BCUT2D eigenvalue weighted by atomic mass is 16.3. The minimum Gasteiger partial charge on any atom is -0.394 e. The summed E-state index contributed by atoms with van der Waals surface area (Å²) in [5, 5.41) is 11.6. The topological polar surface area (TPSA) is 49.3 Å². The molecule has 3 nitrogen and oxygen atoms in total. The van der Waals surface area contributed by atoms with Crippen LogP contribution in [0, 0.1) is 11.8 Å². The van der Waals surface area contributed by atoms with E-state index in [1.807, 2.05) is 0 Å². The zero-order valence-electron chi connectivity index (χ0n) is 9.71. The maximum atomic E-state index is 11.7. The number of hydrogen-bond acceptors (Lipinski definition) is 2. The molecule has 3 heteroatoms. The van der Waals surface area contributed by atoms with E-state index in [0.717, 1.165) is 12.8 Å². The van der Waals surface area contributed by atoms with Gasteiger partial charge in [-0.3, -0.25) is 4.79 Å². The van der Waals surface area contributed by atoms with Crippen LogP contribution in [0.3, 0.4) is 0 Å². The first-order valence-electron chi connectivity index (χ1n) is 5.44. The van der Waals surface area contributed by atoms with Gasteiger partial charge >= 0.3 is 0 Å². The van der Waals surface area contributed by atoms with Gasteiger partial charge < -0.3 is 10.4 Å². The van der Waals surface area contributed by atoms with Crippen molar-refractivity contribution >= 4 is 5.91 Å². The SMILES string of the molecule is CCCC(C(=O)NC(C)CO)C(C)C. The number of aliphatic hydroxyl groups is 1. The van der Waals surface area contributed by atoms with Crippen molar-refractivity contribution in [1.82, 2.24) is 5.32 Å². The Bertz CT molecular complexity index is 169. The van der Waals surface area contributed by atoms with Crippen molar-refractivity contribution in [2.75, 3.05) is 6.61 Å². The van der Waals surface area contributed by atoms with Gasteiger partial charge in [0.05, 0.1) is 6.61 Å². The van der Waals surface area contributed by atoms with Crippen LogP contribution < -0.4 is 5.32 Å². The first-order valence-corrected chi connectivity index (χ1v) is 5.44. The van der Waals surface area contributed by atoms with Gasteiger partial charge in [-0.05, 0) is 19.3 Å². The molecule has 0 aliphatic carbocycles. The van der Waals surface area contributed by atoms with E-state index in [1.54, 1.807) is 6.92 Å². The van der Waals surface area contributed by atoms with Crippen LogP contribution in [0.2, 0.25) is 0 Å². The van der Waals surface area contributed by atoms with Crippen molar-refractivity contribution < 1.29 is 9.90 Å². The van der Waals surface area contributed by atoms with Gasteiger partial charge in [-0.1, -0.05) is 27.2 Å². The lowest BCUT2D eigenvalue weighted by molar-refractivity contribution is -0.127. The van der Waals surface area contributed by atoms with Gasteiger partial charge in [0, 0.05) is 12.0 Å². The Labute approximate surface area is 86.9 Å². The molecule has 0 bridgehead atoms. The second-order valence-electron chi connectivity index (χ2n) is 4.23. The Hall–Kier alpha value is -0.570. The molecular formula is C11H23NO2. The molecule has 0 saturated heterocycles. The minimum atomic E-state index is -0.138. The van der Waals surface area contributed by atoms with Gasteiger partial charge in [0.2, 0.25) is 5.91 Å². The average molecular weight is 201 g/mol. The summed E-state index contributed by atoms with van der Waals surface area (Å²) in [5.41, 5.74) is 0. The van der Waals surface area contributed by atoms with E-state index in [4.69, 9.17) is 5.11 Å². The maximum absolute atomic E-state index is 11.7. The van der Waals surface area contributed by atoms with Gasteiger partial charge in [0.1, 0.15) is 0 Å². The van der Waals surface area contributed by atoms with Gasteiger partial charge in [0.15, 0.2) is 0 Å². The molecule has 14 heavy (non-hydrogen) atoms. The molecule has 0 aromatic carbocycles. The molecule has 0 aromatic heterocycles. The molecule has 0 aliphatic rings. The highest BCUT2D eigenvalue weighted by Gasteiger charge is 2.21. The Morgan fingerprint density at radius 2 is 1.93 bits per heavy atom. The second-order valence-corrected chi connectivity index (χ2v) is 4.23. The van der Waals surface area contributed by atoms with Crippen LogP contribution in [0.1, 0.15) is 40.5 Å². The quantitative estimate of drug-likeness (QED) is 0.685. The minimum absolute atomic E-state index is 0.00266. The standard InChI is InChI=1S/C11H23NO2/c1-5-6-10(8(2)3)11(14)12-9(4)7-13/h8-10,13H,5-7H2,1-4H3,(H,12,14). The van der Waals surface area contributed by atoms with E-state index in [0.29, 0.717) is 5.92 Å². The van der Waals surface area contributed by atoms with Gasteiger partial charge in [0.25, 0.3) is 0 Å². The molecular weight excluding hydrogens is 178 g/mol. The number of amides is 1. The third-order valence-corrected chi connectivity index (χ3v) is 2.40. The van der Waals surface area contributed by atoms with Crippen LogP contribution in [-0.4, -0.2) is 23.7 Å². The summed E-state index contributed by atoms with van der Waals surface area (Å²) in [4.78, 5) is 11.7. The van der Waals surface area contributed by atoms with Gasteiger partial charge in [-0.2, -0.15) is 0 Å². The second kappa shape index (κ2) is 6.82. The molecule has 84 valence electrons. The predicted molar refractivity (Wildman–Crippen MR) is 57.9 cm³/mol. The fourth-order valence-corrected chi connectivity index (χ4v) is 1.47. The van der Waals surface area contributed by atoms with Crippen molar-refractivity contribution in [3.8, 4) is 0 Å². The van der Waals surface area contributed by atoms with Crippen LogP contribution in [0.5, 0.6) is 0 Å². The molecule has 0 heterocycles. The lowest BCUT2D eigenvalue weighted by atomic mass is 9.90. The Balaban J connectivity index is 4.15. The van der Waals surface area contributed by atoms with E-state index in [1.165, 1.54) is 0 Å². The highest BCUT2D eigenvalue weighted by Crippen LogP contribution is 2.17. The Kier molecular flexibility index (Phi) is 6.54. The van der Waals surface area contributed by atoms with Crippen molar-refractivity contribution in [3.63, 3.8) is 0 Å². The number of hydrogen-bond donors (Lipinski definition) is 2. The normalized spacial score (nSPS) is 15.3. The fourth-order valence-electron chi connectivity index (χ4n) is 1.47. The van der Waals surface area contributed by atoms with Crippen molar-refractivity contribution in [2.24, 2.45) is 11.8 Å². The van der Waals surface area contributed by atoms with Crippen LogP contribution in [0.25, 0.3) is 0 Å². The summed E-state index contributed by atoms with van der Waals surface area (Å²) in [6, 6.07) is -0.138. The molecule has 0 aliphatic heterocycles. The van der Waals surface area contributed by atoms with Crippen molar-refractivity contribution in [2.45, 2.75) is 46.6 Å². The van der Waals surface area contributed by atoms with Crippen LogP contribution >= 0.6 is 0 Å². The number of aliphatic hydroxyl groups excluding tert-OH is 1. The van der Waals surface area contributed by atoms with E-state index in [9.17, 15) is 4.79 Å². The third-order valence-electron chi connectivity index (χ3n) is 2.40. The lowest BCUT2D eigenvalue weighted by Gasteiger charge is -2.21. The lowest BCUT2D eigenvalue weighted by Crippen LogP contribution is -2.40. The fraction of sp³-hybridized carbons (Fsp3) is 0.909.